The molecular formula is C16H25FN2O2. The molecule has 4 nitrogen and oxygen atoms in total. The molecule has 0 aliphatic rings. The minimum atomic E-state index is -0.452. The number of nitrogens with zero attached hydrogens (tertiary/aromatic N) is 1. The molecule has 0 heterocycles. The third-order valence-electron chi connectivity index (χ3n) is 3.39. The molecule has 0 aliphatic carbocycles. The van der Waals surface area contributed by atoms with Gasteiger partial charge in [-0.15, -0.1) is 0 Å². The monoisotopic (exact) mass is 296 g/mol. The first-order valence-corrected chi connectivity index (χ1v) is 7.24. The molecule has 0 saturated heterocycles. The highest BCUT2D eigenvalue weighted by Crippen LogP contribution is 2.19. The van der Waals surface area contributed by atoms with Gasteiger partial charge in [-0.05, 0) is 45.9 Å². The third kappa shape index (κ3) is 5.01. The van der Waals surface area contributed by atoms with Crippen LogP contribution >= 0.6 is 0 Å². The Labute approximate surface area is 126 Å². The summed E-state index contributed by atoms with van der Waals surface area (Å²) in [4.78, 5) is 14.4. The zero-order chi connectivity index (χ0) is 16.0. The zero-order valence-electron chi connectivity index (χ0n) is 13.4. The summed E-state index contributed by atoms with van der Waals surface area (Å²) in [6, 6.07) is 4.74. The van der Waals surface area contributed by atoms with E-state index in [1.54, 1.807) is 0 Å². The van der Waals surface area contributed by atoms with Crippen LogP contribution in [-0.2, 0) is 0 Å². The molecule has 1 aromatic rings. The second-order valence-corrected chi connectivity index (χ2v) is 5.53. The van der Waals surface area contributed by atoms with Gasteiger partial charge < -0.3 is 10.1 Å². The molecule has 1 amide bonds. The predicted molar refractivity (Wildman–Crippen MR) is 82.3 cm³/mol. The first-order valence-electron chi connectivity index (χ1n) is 7.24. The van der Waals surface area contributed by atoms with Crippen LogP contribution < -0.4 is 10.1 Å². The largest absolute Gasteiger partial charge is 0.496 e. The maximum Gasteiger partial charge on any atom is 0.255 e. The zero-order valence-corrected chi connectivity index (χ0v) is 13.4. The number of methoxy groups -OCH3 is 1. The van der Waals surface area contributed by atoms with Crippen molar-refractivity contribution in [1.82, 2.24) is 10.2 Å². The Kier molecular flexibility index (Phi) is 6.62. The van der Waals surface area contributed by atoms with Gasteiger partial charge in [-0.25, -0.2) is 4.39 Å². The Morgan fingerprint density at radius 1 is 1.29 bits per heavy atom. The summed E-state index contributed by atoms with van der Waals surface area (Å²) in [6.07, 6.45) is 0. The summed E-state index contributed by atoms with van der Waals surface area (Å²) in [5, 5.41) is 2.81. The van der Waals surface area contributed by atoms with Crippen LogP contribution in [-0.4, -0.2) is 43.1 Å². The van der Waals surface area contributed by atoms with E-state index in [0.717, 1.165) is 6.54 Å². The van der Waals surface area contributed by atoms with Crippen molar-refractivity contribution in [1.29, 1.82) is 0 Å². The van der Waals surface area contributed by atoms with Crippen molar-refractivity contribution in [2.45, 2.75) is 39.8 Å². The molecule has 1 aromatic carbocycles. The molecule has 1 rings (SSSR count). The van der Waals surface area contributed by atoms with Crippen LogP contribution in [0.1, 0.15) is 38.1 Å². The minimum Gasteiger partial charge on any atom is -0.496 e. The fourth-order valence-electron chi connectivity index (χ4n) is 2.36. The van der Waals surface area contributed by atoms with Crippen molar-refractivity contribution < 1.29 is 13.9 Å². The number of hydrogen-bond acceptors (Lipinski definition) is 3. The van der Waals surface area contributed by atoms with E-state index >= 15 is 0 Å². The normalized spacial score (nSPS) is 11.3. The molecule has 0 atom stereocenters. The molecule has 0 aromatic heterocycles. The minimum absolute atomic E-state index is 0.221. The fourth-order valence-corrected chi connectivity index (χ4v) is 2.36. The molecule has 1 N–H and O–H groups in total. The van der Waals surface area contributed by atoms with Crippen LogP contribution in [0.4, 0.5) is 4.39 Å². The van der Waals surface area contributed by atoms with Crippen molar-refractivity contribution in [3.05, 3.63) is 29.6 Å². The second kappa shape index (κ2) is 7.98. The van der Waals surface area contributed by atoms with Crippen LogP contribution in [0.3, 0.4) is 0 Å². The van der Waals surface area contributed by atoms with Crippen molar-refractivity contribution in [2.24, 2.45) is 0 Å². The van der Waals surface area contributed by atoms with E-state index in [0.29, 0.717) is 24.4 Å². The summed E-state index contributed by atoms with van der Waals surface area (Å²) in [7, 11) is 1.46. The van der Waals surface area contributed by atoms with E-state index in [1.807, 2.05) is 0 Å². The average Bonchev–Trinajstić information content (AvgIpc) is 2.42. The van der Waals surface area contributed by atoms with Gasteiger partial charge in [0.2, 0.25) is 0 Å². The maximum absolute atomic E-state index is 13.3. The molecule has 0 unspecified atom stereocenters. The van der Waals surface area contributed by atoms with Crippen LogP contribution in [0.2, 0.25) is 0 Å². The number of nitrogens with one attached hydrogen (secondary N) is 1. The van der Waals surface area contributed by atoms with E-state index in [4.69, 9.17) is 4.74 Å². The molecule has 118 valence electrons. The van der Waals surface area contributed by atoms with E-state index in [1.165, 1.54) is 25.3 Å². The number of carbonyl (C=O) groups excluding carboxylic acids is 1. The lowest BCUT2D eigenvalue weighted by atomic mass is 10.2. The van der Waals surface area contributed by atoms with Crippen LogP contribution in [0.15, 0.2) is 18.2 Å². The summed E-state index contributed by atoms with van der Waals surface area (Å²) in [5.74, 6) is -0.399. The second-order valence-electron chi connectivity index (χ2n) is 5.53. The molecule has 0 aliphatic heterocycles. The molecule has 0 saturated carbocycles. The molecule has 0 radical (unpaired) electrons. The van der Waals surface area contributed by atoms with Crippen LogP contribution in [0, 0.1) is 5.82 Å². The number of rotatable bonds is 7. The lowest BCUT2D eigenvalue weighted by Crippen LogP contribution is -2.42. The number of amides is 1. The number of halogens is 1. The van der Waals surface area contributed by atoms with E-state index < -0.39 is 5.82 Å². The Bertz CT molecular complexity index is 467. The van der Waals surface area contributed by atoms with Gasteiger partial charge in [-0.3, -0.25) is 9.69 Å². The Morgan fingerprint density at radius 3 is 2.43 bits per heavy atom. The number of hydrogen-bond donors (Lipinski definition) is 1. The molecule has 0 spiro atoms. The van der Waals surface area contributed by atoms with Crippen LogP contribution in [0.25, 0.3) is 0 Å². The van der Waals surface area contributed by atoms with Gasteiger partial charge in [0.25, 0.3) is 5.91 Å². The molecule has 5 heteroatoms. The van der Waals surface area contributed by atoms with Crippen molar-refractivity contribution in [3.8, 4) is 5.75 Å². The Morgan fingerprint density at radius 2 is 1.90 bits per heavy atom. The third-order valence-corrected chi connectivity index (χ3v) is 3.39. The Hall–Kier alpha value is -1.62. The summed E-state index contributed by atoms with van der Waals surface area (Å²) >= 11 is 0. The summed E-state index contributed by atoms with van der Waals surface area (Å²) in [6.45, 7) is 9.75. The van der Waals surface area contributed by atoms with Crippen molar-refractivity contribution in [2.75, 3.05) is 20.2 Å². The smallest absolute Gasteiger partial charge is 0.255 e. The topological polar surface area (TPSA) is 41.6 Å². The van der Waals surface area contributed by atoms with Gasteiger partial charge in [0.15, 0.2) is 0 Å². The highest BCUT2D eigenvalue weighted by atomic mass is 19.1. The van der Waals surface area contributed by atoms with Crippen molar-refractivity contribution in [3.63, 3.8) is 0 Å². The SMILES string of the molecule is COc1ccc(F)cc1C(=O)NCCN(C(C)C)C(C)C. The molecule has 21 heavy (non-hydrogen) atoms. The fraction of sp³-hybridized carbons (Fsp3) is 0.562. The number of benzene rings is 1. The quantitative estimate of drug-likeness (QED) is 0.841. The molecule has 0 fully saturated rings. The van der Waals surface area contributed by atoms with Crippen LogP contribution in [0.5, 0.6) is 5.75 Å². The Balaban J connectivity index is 2.64. The van der Waals surface area contributed by atoms with Gasteiger partial charge in [0.05, 0.1) is 12.7 Å². The maximum atomic E-state index is 13.3. The highest BCUT2D eigenvalue weighted by molar-refractivity contribution is 5.96. The highest BCUT2D eigenvalue weighted by Gasteiger charge is 2.15. The lowest BCUT2D eigenvalue weighted by Gasteiger charge is -2.30. The van der Waals surface area contributed by atoms with Gasteiger partial charge in [0.1, 0.15) is 11.6 Å². The average molecular weight is 296 g/mol. The lowest BCUT2D eigenvalue weighted by molar-refractivity contribution is 0.0936. The molecular weight excluding hydrogens is 271 g/mol. The summed E-state index contributed by atoms with van der Waals surface area (Å²) < 4.78 is 18.3. The van der Waals surface area contributed by atoms with Gasteiger partial charge in [-0.1, -0.05) is 0 Å². The predicted octanol–water partition coefficient (Wildman–Crippen LogP) is 2.68. The summed E-state index contributed by atoms with van der Waals surface area (Å²) in [5.41, 5.74) is 0.221. The standard InChI is InChI=1S/C16H25FN2O2/c1-11(2)19(12(3)4)9-8-18-16(20)14-10-13(17)6-7-15(14)21-5/h6-7,10-12H,8-9H2,1-5H3,(H,18,20). The first kappa shape index (κ1) is 17.4. The number of carbonyl (C=O) groups is 1. The van der Waals surface area contributed by atoms with Gasteiger partial charge in [0, 0.05) is 25.2 Å². The van der Waals surface area contributed by atoms with Crippen molar-refractivity contribution >= 4 is 5.91 Å². The van der Waals surface area contributed by atoms with E-state index in [-0.39, 0.29) is 11.5 Å². The van der Waals surface area contributed by atoms with E-state index in [2.05, 4.69) is 37.9 Å². The number of ether oxygens (including phenoxy) is 1. The van der Waals surface area contributed by atoms with Gasteiger partial charge in [-0.2, -0.15) is 0 Å². The van der Waals surface area contributed by atoms with E-state index in [9.17, 15) is 9.18 Å². The molecule has 0 bridgehead atoms. The van der Waals surface area contributed by atoms with Gasteiger partial charge >= 0.3 is 0 Å². The first-order chi connectivity index (χ1) is 9.86.